The third kappa shape index (κ3) is 4.41. The Morgan fingerprint density at radius 2 is 1.94 bits per heavy atom. The van der Waals surface area contributed by atoms with E-state index in [1.165, 1.54) is 0 Å². The maximum Gasteiger partial charge on any atom is 0.219 e. The number of benzene rings is 1. The van der Waals surface area contributed by atoms with E-state index in [0.29, 0.717) is 5.56 Å². The molecule has 0 aliphatic heterocycles. The summed E-state index contributed by atoms with van der Waals surface area (Å²) < 4.78 is 24.6. The number of hydrogen-bond donors (Lipinski definition) is 2. The van der Waals surface area contributed by atoms with Crippen molar-refractivity contribution >= 4 is 15.9 Å². The minimum Gasteiger partial charge on any atom is -0.370 e. The quantitative estimate of drug-likeness (QED) is 0.770. The number of hydrogen-bond acceptors (Lipinski definition) is 3. The van der Waals surface area contributed by atoms with Crippen LogP contribution in [0.15, 0.2) is 30.3 Å². The number of carbonyl (C=O) groups is 1. The first kappa shape index (κ1) is 12.7. The van der Waals surface area contributed by atoms with Gasteiger partial charge >= 0.3 is 0 Å². The average Bonchev–Trinajstić information content (AvgIpc) is 2.15. The van der Waals surface area contributed by atoms with E-state index in [0.717, 1.165) is 6.26 Å². The van der Waals surface area contributed by atoms with Crippen molar-refractivity contribution in [3.8, 4) is 0 Å². The van der Waals surface area contributed by atoms with Gasteiger partial charge in [-0.3, -0.25) is 4.79 Å². The zero-order chi connectivity index (χ0) is 12.2. The van der Waals surface area contributed by atoms with Gasteiger partial charge in [0.1, 0.15) is 0 Å². The summed E-state index contributed by atoms with van der Waals surface area (Å²) in [5.41, 5.74) is 5.79. The second-order valence-corrected chi connectivity index (χ2v) is 5.30. The molecule has 1 aromatic carbocycles. The number of nitrogens with two attached hydrogens (primary N) is 1. The highest BCUT2D eigenvalue weighted by Gasteiger charge is 2.17. The highest BCUT2D eigenvalue weighted by Crippen LogP contribution is 2.16. The Labute approximate surface area is 94.7 Å². The lowest BCUT2D eigenvalue weighted by atomic mass is 10.1. The van der Waals surface area contributed by atoms with Crippen LogP contribution in [-0.2, 0) is 14.8 Å². The molecule has 5 nitrogen and oxygen atoms in total. The van der Waals surface area contributed by atoms with E-state index in [9.17, 15) is 13.2 Å². The Kier molecular flexibility index (Phi) is 4.03. The minimum atomic E-state index is -3.37. The first-order chi connectivity index (χ1) is 7.38. The van der Waals surface area contributed by atoms with Gasteiger partial charge in [-0.2, -0.15) is 0 Å². The number of primary amides is 1. The average molecular weight is 242 g/mol. The molecule has 0 saturated carbocycles. The van der Waals surface area contributed by atoms with Gasteiger partial charge in [0.2, 0.25) is 15.9 Å². The van der Waals surface area contributed by atoms with Crippen LogP contribution in [0.5, 0.6) is 0 Å². The lowest BCUT2D eigenvalue weighted by Gasteiger charge is -2.16. The van der Waals surface area contributed by atoms with Crippen LogP contribution in [0.1, 0.15) is 18.0 Å². The number of nitrogens with one attached hydrogen (secondary N) is 1. The van der Waals surface area contributed by atoms with E-state index >= 15 is 0 Å². The zero-order valence-electron chi connectivity index (χ0n) is 8.88. The van der Waals surface area contributed by atoms with Crippen LogP contribution in [0.3, 0.4) is 0 Å². The summed E-state index contributed by atoms with van der Waals surface area (Å²) in [6, 6.07) is 8.23. The number of rotatable bonds is 5. The third-order valence-corrected chi connectivity index (χ3v) is 2.68. The van der Waals surface area contributed by atoms with Crippen molar-refractivity contribution in [1.82, 2.24) is 4.72 Å². The van der Waals surface area contributed by atoms with E-state index in [2.05, 4.69) is 4.72 Å². The Balaban J connectivity index is 2.92. The summed E-state index contributed by atoms with van der Waals surface area (Å²) in [5, 5.41) is 0. The minimum absolute atomic E-state index is 0.0584. The van der Waals surface area contributed by atoms with Crippen LogP contribution >= 0.6 is 0 Å². The SMILES string of the molecule is CS(=O)(=O)NC(CC(N)=O)c1ccccc1. The van der Waals surface area contributed by atoms with Crippen molar-refractivity contribution in [2.45, 2.75) is 12.5 Å². The standard InChI is InChI=1S/C10H14N2O3S/c1-16(14,15)12-9(7-10(11)13)8-5-3-2-4-6-8/h2-6,9,12H,7H2,1H3,(H2,11,13). The number of amides is 1. The van der Waals surface area contributed by atoms with Crippen molar-refractivity contribution in [3.05, 3.63) is 35.9 Å². The van der Waals surface area contributed by atoms with Gasteiger partial charge in [0.25, 0.3) is 0 Å². The summed E-state index contributed by atoms with van der Waals surface area (Å²) in [6.45, 7) is 0. The molecule has 3 N–H and O–H groups in total. The highest BCUT2D eigenvalue weighted by molar-refractivity contribution is 7.88. The molecule has 0 aliphatic carbocycles. The number of sulfonamides is 1. The molecule has 0 bridgehead atoms. The lowest BCUT2D eigenvalue weighted by molar-refractivity contribution is -0.118. The van der Waals surface area contributed by atoms with E-state index in [4.69, 9.17) is 5.73 Å². The number of carbonyl (C=O) groups excluding carboxylic acids is 1. The van der Waals surface area contributed by atoms with Crippen LogP contribution in [0, 0.1) is 0 Å². The van der Waals surface area contributed by atoms with Crippen molar-refractivity contribution in [2.75, 3.05) is 6.26 Å². The van der Waals surface area contributed by atoms with Crippen molar-refractivity contribution < 1.29 is 13.2 Å². The van der Waals surface area contributed by atoms with Gasteiger partial charge in [-0.1, -0.05) is 30.3 Å². The van der Waals surface area contributed by atoms with Crippen LogP contribution < -0.4 is 10.5 Å². The maximum atomic E-state index is 11.1. The Bertz CT molecular complexity index is 456. The molecular weight excluding hydrogens is 228 g/mol. The van der Waals surface area contributed by atoms with Gasteiger partial charge in [0, 0.05) is 6.42 Å². The summed E-state index contributed by atoms with van der Waals surface area (Å²) >= 11 is 0. The van der Waals surface area contributed by atoms with Gasteiger partial charge in [-0.25, -0.2) is 13.1 Å². The molecule has 0 heterocycles. The van der Waals surface area contributed by atoms with E-state index in [-0.39, 0.29) is 6.42 Å². The fourth-order valence-electron chi connectivity index (χ4n) is 1.37. The Morgan fingerprint density at radius 3 is 2.38 bits per heavy atom. The molecule has 0 aromatic heterocycles. The molecule has 1 atom stereocenters. The van der Waals surface area contributed by atoms with E-state index in [1.54, 1.807) is 24.3 Å². The molecule has 6 heteroatoms. The molecule has 1 aromatic rings. The summed E-state index contributed by atoms with van der Waals surface area (Å²) in [5.74, 6) is -0.551. The predicted octanol–water partition coefficient (Wildman–Crippen LogP) is 0.152. The van der Waals surface area contributed by atoms with Crippen LogP contribution in [-0.4, -0.2) is 20.6 Å². The molecule has 0 spiro atoms. The largest absolute Gasteiger partial charge is 0.370 e. The second-order valence-electron chi connectivity index (χ2n) is 3.52. The monoisotopic (exact) mass is 242 g/mol. The van der Waals surface area contributed by atoms with Crippen molar-refractivity contribution in [3.63, 3.8) is 0 Å². The smallest absolute Gasteiger partial charge is 0.219 e. The molecule has 16 heavy (non-hydrogen) atoms. The molecule has 88 valence electrons. The Hall–Kier alpha value is -1.40. The van der Waals surface area contributed by atoms with Gasteiger partial charge in [-0.15, -0.1) is 0 Å². The molecule has 0 aliphatic rings. The van der Waals surface area contributed by atoms with Gasteiger partial charge in [-0.05, 0) is 5.56 Å². The van der Waals surface area contributed by atoms with Gasteiger partial charge < -0.3 is 5.73 Å². The van der Waals surface area contributed by atoms with Crippen LogP contribution in [0.25, 0.3) is 0 Å². The molecular formula is C10H14N2O3S. The normalized spacial score (nSPS) is 13.3. The first-order valence-electron chi connectivity index (χ1n) is 4.69. The van der Waals surface area contributed by atoms with Crippen molar-refractivity contribution in [1.29, 1.82) is 0 Å². The summed E-state index contributed by atoms with van der Waals surface area (Å²) in [7, 11) is -3.37. The summed E-state index contributed by atoms with van der Waals surface area (Å²) in [4.78, 5) is 10.9. The molecule has 1 amide bonds. The highest BCUT2D eigenvalue weighted by atomic mass is 32.2. The zero-order valence-corrected chi connectivity index (χ0v) is 9.70. The maximum absolute atomic E-state index is 11.1. The van der Waals surface area contributed by atoms with Crippen molar-refractivity contribution in [2.24, 2.45) is 5.73 Å². The first-order valence-corrected chi connectivity index (χ1v) is 6.58. The topological polar surface area (TPSA) is 89.3 Å². The molecule has 0 radical (unpaired) electrons. The molecule has 0 saturated heterocycles. The lowest BCUT2D eigenvalue weighted by Crippen LogP contribution is -2.30. The van der Waals surface area contributed by atoms with Crippen LogP contribution in [0.2, 0.25) is 0 Å². The van der Waals surface area contributed by atoms with Gasteiger partial charge in [0.05, 0.1) is 12.3 Å². The van der Waals surface area contributed by atoms with E-state index in [1.807, 2.05) is 6.07 Å². The summed E-state index contributed by atoms with van der Waals surface area (Å²) in [6.07, 6.45) is 0.987. The van der Waals surface area contributed by atoms with Gasteiger partial charge in [0.15, 0.2) is 0 Å². The fraction of sp³-hybridized carbons (Fsp3) is 0.300. The molecule has 1 rings (SSSR count). The molecule has 1 unspecified atom stereocenters. The third-order valence-electron chi connectivity index (χ3n) is 1.96. The second kappa shape index (κ2) is 5.09. The van der Waals surface area contributed by atoms with Crippen LogP contribution in [0.4, 0.5) is 0 Å². The van der Waals surface area contributed by atoms with E-state index < -0.39 is 22.0 Å². The molecule has 0 fully saturated rings. The predicted molar refractivity (Wildman–Crippen MR) is 61.0 cm³/mol. The Morgan fingerprint density at radius 1 is 1.38 bits per heavy atom. The fourth-order valence-corrected chi connectivity index (χ4v) is 2.11.